The minimum Gasteiger partial charge on any atom is -0.469 e. The van der Waals surface area contributed by atoms with Crippen LogP contribution in [-0.2, 0) is 14.3 Å². The molecule has 0 N–H and O–H groups in total. The lowest BCUT2D eigenvalue weighted by Gasteiger charge is -2.41. The van der Waals surface area contributed by atoms with Crippen molar-refractivity contribution in [3.05, 3.63) is 24.3 Å². The number of fused-ring (bicyclic) bond motifs is 1. The number of methoxy groups -OCH3 is 1. The van der Waals surface area contributed by atoms with Crippen LogP contribution < -0.4 is 4.90 Å². The van der Waals surface area contributed by atoms with Gasteiger partial charge in [0.2, 0.25) is 5.91 Å². The van der Waals surface area contributed by atoms with E-state index >= 15 is 0 Å². The molecule has 0 bridgehead atoms. The van der Waals surface area contributed by atoms with Gasteiger partial charge < -0.3 is 14.5 Å². The number of para-hydroxylation sites is 1. The number of amides is 1. The molecule has 0 aliphatic carbocycles. The summed E-state index contributed by atoms with van der Waals surface area (Å²) in [6.07, 6.45) is 1.40. The largest absolute Gasteiger partial charge is 0.469 e. The van der Waals surface area contributed by atoms with Gasteiger partial charge >= 0.3 is 5.97 Å². The molecule has 6 nitrogen and oxygen atoms in total. The number of likely N-dealkylation sites (tertiary alicyclic amines) is 1. The third kappa shape index (κ3) is 3.08. The smallest absolute Gasteiger partial charge is 0.308 e. The van der Waals surface area contributed by atoms with Gasteiger partial charge in [0.15, 0.2) is 5.13 Å². The zero-order valence-corrected chi connectivity index (χ0v) is 15.0. The Bertz CT molecular complexity index is 759. The summed E-state index contributed by atoms with van der Waals surface area (Å²) in [4.78, 5) is 32.9. The standard InChI is InChI=1S/C18H21N3O3S/c1-24-17(23)12-6-8-20(9-7-12)16(22)13-10-21(11-13)18-19-14-4-2-3-5-15(14)25-18/h2-5,12-13H,6-11H2,1H3. The van der Waals surface area contributed by atoms with Crippen LogP contribution in [0.4, 0.5) is 5.13 Å². The highest BCUT2D eigenvalue weighted by molar-refractivity contribution is 7.22. The van der Waals surface area contributed by atoms with E-state index < -0.39 is 0 Å². The molecule has 1 amide bonds. The second-order valence-electron chi connectivity index (χ2n) is 6.69. The van der Waals surface area contributed by atoms with Crippen molar-refractivity contribution in [2.45, 2.75) is 12.8 Å². The van der Waals surface area contributed by atoms with Gasteiger partial charge in [-0.2, -0.15) is 0 Å². The summed E-state index contributed by atoms with van der Waals surface area (Å²) in [5.41, 5.74) is 1.02. The number of carbonyl (C=O) groups excluding carboxylic acids is 2. The van der Waals surface area contributed by atoms with Crippen LogP contribution in [0.25, 0.3) is 10.2 Å². The summed E-state index contributed by atoms with van der Waals surface area (Å²) in [5, 5.41) is 0.995. The summed E-state index contributed by atoms with van der Waals surface area (Å²) in [7, 11) is 1.42. The van der Waals surface area contributed by atoms with E-state index in [4.69, 9.17) is 4.74 Å². The lowest BCUT2D eigenvalue weighted by molar-refractivity contribution is -0.149. The summed E-state index contributed by atoms with van der Waals surface area (Å²) in [6, 6.07) is 8.10. The Morgan fingerprint density at radius 2 is 1.88 bits per heavy atom. The fraction of sp³-hybridized carbons (Fsp3) is 0.500. The number of nitrogens with zero attached hydrogens (tertiary/aromatic N) is 3. The zero-order valence-electron chi connectivity index (χ0n) is 14.2. The summed E-state index contributed by atoms with van der Waals surface area (Å²) in [5.74, 6) is 0.0369. The number of esters is 1. The molecule has 2 aromatic rings. The molecule has 2 aliphatic rings. The number of ether oxygens (including phenoxy) is 1. The van der Waals surface area contributed by atoms with Crippen LogP contribution in [0, 0.1) is 11.8 Å². The van der Waals surface area contributed by atoms with Crippen molar-refractivity contribution < 1.29 is 14.3 Å². The number of thiazole rings is 1. The first-order valence-corrected chi connectivity index (χ1v) is 9.44. The Labute approximate surface area is 150 Å². The van der Waals surface area contributed by atoms with Gasteiger partial charge in [-0.3, -0.25) is 9.59 Å². The minimum atomic E-state index is -0.155. The average Bonchev–Trinajstić information content (AvgIpc) is 3.03. The molecule has 25 heavy (non-hydrogen) atoms. The molecule has 2 aliphatic heterocycles. The first kappa shape index (κ1) is 16.3. The molecule has 0 unspecified atom stereocenters. The van der Waals surface area contributed by atoms with E-state index in [0.717, 1.165) is 23.7 Å². The Morgan fingerprint density at radius 3 is 2.56 bits per heavy atom. The van der Waals surface area contributed by atoms with Crippen molar-refractivity contribution in [3.8, 4) is 0 Å². The van der Waals surface area contributed by atoms with E-state index in [2.05, 4.69) is 16.0 Å². The van der Waals surface area contributed by atoms with E-state index in [1.54, 1.807) is 11.3 Å². The van der Waals surface area contributed by atoms with Gasteiger partial charge in [0.25, 0.3) is 0 Å². The average molecular weight is 359 g/mol. The maximum Gasteiger partial charge on any atom is 0.308 e. The van der Waals surface area contributed by atoms with E-state index in [-0.39, 0.29) is 23.7 Å². The van der Waals surface area contributed by atoms with Crippen molar-refractivity contribution in [2.24, 2.45) is 11.8 Å². The van der Waals surface area contributed by atoms with E-state index in [9.17, 15) is 9.59 Å². The molecule has 132 valence electrons. The molecule has 0 saturated carbocycles. The molecule has 4 rings (SSSR count). The molecule has 3 heterocycles. The van der Waals surface area contributed by atoms with Crippen molar-refractivity contribution in [1.29, 1.82) is 0 Å². The Morgan fingerprint density at radius 1 is 1.16 bits per heavy atom. The predicted molar refractivity (Wildman–Crippen MR) is 96.6 cm³/mol. The van der Waals surface area contributed by atoms with Crippen LogP contribution in [0.15, 0.2) is 24.3 Å². The first-order valence-electron chi connectivity index (χ1n) is 8.63. The number of aromatic nitrogens is 1. The molecule has 1 aromatic carbocycles. The fourth-order valence-corrected chi connectivity index (χ4v) is 4.53. The van der Waals surface area contributed by atoms with Crippen LogP contribution in [0.2, 0.25) is 0 Å². The lowest BCUT2D eigenvalue weighted by Crippen LogP contribution is -2.56. The number of anilines is 1. The van der Waals surface area contributed by atoms with E-state index in [1.807, 2.05) is 23.1 Å². The highest BCUT2D eigenvalue weighted by Gasteiger charge is 2.38. The number of hydrogen-bond donors (Lipinski definition) is 0. The van der Waals surface area contributed by atoms with E-state index in [0.29, 0.717) is 25.9 Å². The number of carbonyl (C=O) groups is 2. The minimum absolute atomic E-state index is 0.0432. The number of hydrogen-bond acceptors (Lipinski definition) is 6. The SMILES string of the molecule is COC(=O)C1CCN(C(=O)C2CN(c3nc4ccccc4s3)C2)CC1. The maximum absolute atomic E-state index is 12.6. The van der Waals surface area contributed by atoms with Crippen molar-refractivity contribution in [3.63, 3.8) is 0 Å². The molecule has 0 atom stereocenters. The molecular weight excluding hydrogens is 338 g/mol. The van der Waals surface area contributed by atoms with Crippen LogP contribution in [0.5, 0.6) is 0 Å². The highest BCUT2D eigenvalue weighted by atomic mass is 32.1. The highest BCUT2D eigenvalue weighted by Crippen LogP contribution is 2.33. The van der Waals surface area contributed by atoms with Crippen LogP contribution in [0.1, 0.15) is 12.8 Å². The van der Waals surface area contributed by atoms with Gasteiger partial charge in [0, 0.05) is 26.2 Å². The van der Waals surface area contributed by atoms with Gasteiger partial charge in [-0.25, -0.2) is 4.98 Å². The normalized spacial score (nSPS) is 19.1. The second-order valence-corrected chi connectivity index (χ2v) is 7.70. The van der Waals surface area contributed by atoms with Gasteiger partial charge in [-0.05, 0) is 25.0 Å². The third-order valence-corrected chi connectivity index (χ3v) is 6.22. The lowest BCUT2D eigenvalue weighted by atomic mass is 9.93. The van der Waals surface area contributed by atoms with Crippen molar-refractivity contribution in [2.75, 3.05) is 38.2 Å². The molecule has 0 radical (unpaired) electrons. The van der Waals surface area contributed by atoms with Crippen LogP contribution >= 0.6 is 11.3 Å². The second kappa shape index (κ2) is 6.63. The monoisotopic (exact) mass is 359 g/mol. The molecule has 2 fully saturated rings. The maximum atomic E-state index is 12.6. The summed E-state index contributed by atoms with van der Waals surface area (Å²) >= 11 is 1.68. The van der Waals surface area contributed by atoms with Gasteiger partial charge in [0.05, 0.1) is 29.2 Å². The fourth-order valence-electron chi connectivity index (χ4n) is 3.55. The molecular formula is C18H21N3O3S. The van der Waals surface area contributed by atoms with E-state index in [1.165, 1.54) is 11.8 Å². The Balaban J connectivity index is 1.31. The van der Waals surface area contributed by atoms with Gasteiger partial charge in [0.1, 0.15) is 0 Å². The van der Waals surface area contributed by atoms with Crippen LogP contribution in [0.3, 0.4) is 0 Å². The Hall–Kier alpha value is -2.15. The molecule has 0 spiro atoms. The molecule has 2 saturated heterocycles. The number of benzene rings is 1. The van der Waals surface area contributed by atoms with Gasteiger partial charge in [-0.15, -0.1) is 0 Å². The summed E-state index contributed by atoms with van der Waals surface area (Å²) < 4.78 is 5.98. The third-order valence-electron chi connectivity index (χ3n) is 5.13. The van der Waals surface area contributed by atoms with Gasteiger partial charge in [-0.1, -0.05) is 23.5 Å². The quantitative estimate of drug-likeness (QED) is 0.786. The first-order chi connectivity index (χ1) is 12.2. The number of rotatable bonds is 3. The topological polar surface area (TPSA) is 62.7 Å². The predicted octanol–water partition coefficient (Wildman–Crippen LogP) is 2.14. The van der Waals surface area contributed by atoms with Crippen LogP contribution in [-0.4, -0.2) is 55.0 Å². The summed E-state index contributed by atoms with van der Waals surface area (Å²) in [6.45, 7) is 2.76. The van der Waals surface area contributed by atoms with Crippen molar-refractivity contribution >= 4 is 38.6 Å². The molecule has 1 aromatic heterocycles. The van der Waals surface area contributed by atoms with Crippen molar-refractivity contribution in [1.82, 2.24) is 9.88 Å². The Kier molecular flexibility index (Phi) is 4.33. The molecule has 7 heteroatoms. The number of piperidine rings is 1. The zero-order chi connectivity index (χ0) is 17.4.